The minimum atomic E-state index is 0.227. The van der Waals surface area contributed by atoms with Crippen LogP contribution in [0.15, 0.2) is 0 Å². The topological polar surface area (TPSA) is 32.3 Å². The first-order chi connectivity index (χ1) is 8.07. The van der Waals surface area contributed by atoms with E-state index in [1.165, 1.54) is 38.5 Å². The quantitative estimate of drug-likeness (QED) is 0.699. The van der Waals surface area contributed by atoms with Crippen molar-refractivity contribution in [2.75, 3.05) is 13.2 Å². The number of hydrogen-bond acceptors (Lipinski definition) is 2. The SMILES string of the molecule is CCC1CCCC(NCC(C)(C)CCO)CC1. The second-order valence-electron chi connectivity index (χ2n) is 6.50. The predicted octanol–water partition coefficient (Wildman–Crippen LogP) is 3.34. The maximum absolute atomic E-state index is 9.02. The number of aliphatic hydroxyl groups excluding tert-OH is 1. The van der Waals surface area contributed by atoms with Crippen LogP contribution in [0.4, 0.5) is 0 Å². The smallest absolute Gasteiger partial charge is 0.0436 e. The van der Waals surface area contributed by atoms with Gasteiger partial charge in [0.2, 0.25) is 0 Å². The Kier molecular flexibility index (Phi) is 6.50. The van der Waals surface area contributed by atoms with Gasteiger partial charge in [0, 0.05) is 19.2 Å². The molecule has 102 valence electrons. The Morgan fingerprint density at radius 2 is 1.94 bits per heavy atom. The predicted molar refractivity (Wildman–Crippen MR) is 74.1 cm³/mol. The molecule has 0 bridgehead atoms. The highest BCUT2D eigenvalue weighted by molar-refractivity contribution is 4.78. The van der Waals surface area contributed by atoms with Crippen LogP contribution in [0.5, 0.6) is 0 Å². The molecule has 0 heterocycles. The zero-order valence-corrected chi connectivity index (χ0v) is 12.0. The zero-order chi connectivity index (χ0) is 12.7. The highest BCUT2D eigenvalue weighted by Gasteiger charge is 2.21. The highest BCUT2D eigenvalue weighted by atomic mass is 16.3. The fraction of sp³-hybridized carbons (Fsp3) is 1.00. The molecule has 2 nitrogen and oxygen atoms in total. The third-order valence-electron chi connectivity index (χ3n) is 4.32. The molecule has 0 aromatic heterocycles. The Hall–Kier alpha value is -0.0800. The Morgan fingerprint density at radius 3 is 2.59 bits per heavy atom. The van der Waals surface area contributed by atoms with Crippen LogP contribution in [0, 0.1) is 11.3 Å². The molecule has 0 aromatic carbocycles. The minimum absolute atomic E-state index is 0.227. The monoisotopic (exact) mass is 241 g/mol. The zero-order valence-electron chi connectivity index (χ0n) is 12.0. The van der Waals surface area contributed by atoms with Gasteiger partial charge in [0.1, 0.15) is 0 Å². The van der Waals surface area contributed by atoms with Crippen molar-refractivity contribution in [3.63, 3.8) is 0 Å². The molecule has 1 aliphatic rings. The van der Waals surface area contributed by atoms with E-state index < -0.39 is 0 Å². The molecule has 1 saturated carbocycles. The van der Waals surface area contributed by atoms with E-state index >= 15 is 0 Å². The molecule has 2 atom stereocenters. The number of nitrogens with one attached hydrogen (secondary N) is 1. The van der Waals surface area contributed by atoms with Crippen LogP contribution in [0.3, 0.4) is 0 Å². The Morgan fingerprint density at radius 1 is 1.18 bits per heavy atom. The normalized spacial score (nSPS) is 26.8. The molecule has 1 fully saturated rings. The van der Waals surface area contributed by atoms with Gasteiger partial charge in [-0.1, -0.05) is 40.0 Å². The summed E-state index contributed by atoms with van der Waals surface area (Å²) in [4.78, 5) is 0. The second kappa shape index (κ2) is 7.38. The minimum Gasteiger partial charge on any atom is -0.396 e. The molecule has 1 rings (SSSR count). The van der Waals surface area contributed by atoms with Crippen LogP contribution < -0.4 is 5.32 Å². The van der Waals surface area contributed by atoms with Crippen LogP contribution in [0.25, 0.3) is 0 Å². The lowest BCUT2D eigenvalue weighted by molar-refractivity contribution is 0.201. The molecule has 2 heteroatoms. The summed E-state index contributed by atoms with van der Waals surface area (Å²) in [6.07, 6.45) is 9.13. The third-order valence-corrected chi connectivity index (χ3v) is 4.32. The summed E-state index contributed by atoms with van der Waals surface area (Å²) in [5, 5.41) is 12.7. The molecular weight excluding hydrogens is 210 g/mol. The molecule has 0 aliphatic heterocycles. The van der Waals surface area contributed by atoms with Crippen molar-refractivity contribution in [3.05, 3.63) is 0 Å². The third kappa shape index (κ3) is 5.87. The first-order valence-electron chi connectivity index (χ1n) is 7.41. The van der Waals surface area contributed by atoms with Crippen LogP contribution >= 0.6 is 0 Å². The van der Waals surface area contributed by atoms with Gasteiger partial charge in [-0.25, -0.2) is 0 Å². The lowest BCUT2D eigenvalue weighted by Crippen LogP contribution is -2.37. The first kappa shape index (κ1) is 15.0. The summed E-state index contributed by atoms with van der Waals surface area (Å²) in [5.41, 5.74) is 0.227. The van der Waals surface area contributed by atoms with Crippen LogP contribution in [-0.2, 0) is 0 Å². The van der Waals surface area contributed by atoms with E-state index in [0.717, 1.165) is 18.9 Å². The van der Waals surface area contributed by atoms with Gasteiger partial charge in [-0.05, 0) is 37.0 Å². The van der Waals surface area contributed by atoms with Gasteiger partial charge < -0.3 is 10.4 Å². The van der Waals surface area contributed by atoms with Gasteiger partial charge in [-0.15, -0.1) is 0 Å². The van der Waals surface area contributed by atoms with E-state index in [1.807, 2.05) is 0 Å². The lowest BCUT2D eigenvalue weighted by Gasteiger charge is -2.27. The fourth-order valence-electron chi connectivity index (χ4n) is 2.80. The van der Waals surface area contributed by atoms with Crippen LogP contribution in [0.1, 0.15) is 65.7 Å². The van der Waals surface area contributed by atoms with E-state index in [-0.39, 0.29) is 5.41 Å². The first-order valence-corrected chi connectivity index (χ1v) is 7.41. The average Bonchev–Trinajstić information content (AvgIpc) is 2.51. The second-order valence-corrected chi connectivity index (χ2v) is 6.50. The van der Waals surface area contributed by atoms with Gasteiger partial charge in [-0.3, -0.25) is 0 Å². The van der Waals surface area contributed by atoms with Gasteiger partial charge in [0.25, 0.3) is 0 Å². The van der Waals surface area contributed by atoms with Gasteiger partial charge in [0.15, 0.2) is 0 Å². The number of hydrogen-bond donors (Lipinski definition) is 2. The Labute approximate surface area is 107 Å². The lowest BCUT2D eigenvalue weighted by atomic mass is 9.89. The average molecular weight is 241 g/mol. The van der Waals surface area contributed by atoms with Crippen molar-refractivity contribution in [2.45, 2.75) is 71.8 Å². The summed E-state index contributed by atoms with van der Waals surface area (Å²) in [7, 11) is 0. The number of aliphatic hydroxyl groups is 1. The van der Waals surface area contributed by atoms with E-state index in [9.17, 15) is 0 Å². The maximum Gasteiger partial charge on any atom is 0.0436 e. The maximum atomic E-state index is 9.02. The van der Waals surface area contributed by atoms with Gasteiger partial charge in [0.05, 0.1) is 0 Å². The molecule has 1 aliphatic carbocycles. The van der Waals surface area contributed by atoms with Crippen LogP contribution in [-0.4, -0.2) is 24.3 Å². The summed E-state index contributed by atoms with van der Waals surface area (Å²) < 4.78 is 0. The van der Waals surface area contributed by atoms with Gasteiger partial charge >= 0.3 is 0 Å². The summed E-state index contributed by atoms with van der Waals surface area (Å²) >= 11 is 0. The van der Waals surface area contributed by atoms with Crippen molar-refractivity contribution < 1.29 is 5.11 Å². The van der Waals surface area contributed by atoms with E-state index in [1.54, 1.807) is 0 Å². The Balaban J connectivity index is 2.27. The molecule has 0 radical (unpaired) electrons. The summed E-state index contributed by atoms with van der Waals surface area (Å²) in [6, 6.07) is 0.713. The Bertz CT molecular complexity index is 203. The standard InChI is InChI=1S/C15H31NO/c1-4-13-6-5-7-14(9-8-13)16-12-15(2,3)10-11-17/h13-14,16-17H,4-12H2,1-3H3. The molecule has 2 unspecified atom stereocenters. The molecule has 0 amide bonds. The largest absolute Gasteiger partial charge is 0.396 e. The molecule has 0 spiro atoms. The summed E-state index contributed by atoms with van der Waals surface area (Å²) in [6.45, 7) is 8.14. The van der Waals surface area contributed by atoms with E-state index in [4.69, 9.17) is 5.11 Å². The molecule has 0 aromatic rings. The van der Waals surface area contributed by atoms with Crippen molar-refractivity contribution >= 4 is 0 Å². The molecule has 2 N–H and O–H groups in total. The van der Waals surface area contributed by atoms with Crippen molar-refractivity contribution in [2.24, 2.45) is 11.3 Å². The van der Waals surface area contributed by atoms with Crippen molar-refractivity contribution in [1.29, 1.82) is 0 Å². The van der Waals surface area contributed by atoms with Crippen molar-refractivity contribution in [3.8, 4) is 0 Å². The van der Waals surface area contributed by atoms with Crippen molar-refractivity contribution in [1.82, 2.24) is 5.32 Å². The molecule has 17 heavy (non-hydrogen) atoms. The molecular formula is C15H31NO. The molecule has 0 saturated heterocycles. The highest BCUT2D eigenvalue weighted by Crippen LogP contribution is 2.26. The summed E-state index contributed by atoms with van der Waals surface area (Å²) in [5.74, 6) is 0.965. The fourth-order valence-corrected chi connectivity index (χ4v) is 2.80. The van der Waals surface area contributed by atoms with E-state index in [0.29, 0.717) is 12.6 Å². The van der Waals surface area contributed by atoms with Crippen LogP contribution in [0.2, 0.25) is 0 Å². The number of rotatable bonds is 6. The van der Waals surface area contributed by atoms with E-state index in [2.05, 4.69) is 26.1 Å². The van der Waals surface area contributed by atoms with Gasteiger partial charge in [-0.2, -0.15) is 0 Å².